The molecule has 1 aliphatic rings. The Balaban J connectivity index is 1.57. The molecule has 8 heteroatoms. The number of hydrogen-bond donors (Lipinski definition) is 3. The van der Waals surface area contributed by atoms with Crippen molar-refractivity contribution in [3.8, 4) is 6.07 Å². The number of benzene rings is 1. The number of rotatable bonds is 9. The number of hydrogen-bond acceptors (Lipinski definition) is 5. The molecule has 0 bridgehead atoms. The fourth-order valence-corrected chi connectivity index (χ4v) is 4.25. The third kappa shape index (κ3) is 6.82. The molecule has 1 aliphatic carbocycles. The van der Waals surface area contributed by atoms with Crippen LogP contribution in [0.5, 0.6) is 0 Å². The first-order chi connectivity index (χ1) is 15.9. The normalized spacial score (nSPS) is 18.9. The molecular formula is C25H34N6O2. The van der Waals surface area contributed by atoms with Gasteiger partial charge in [-0.2, -0.15) is 5.26 Å². The van der Waals surface area contributed by atoms with Gasteiger partial charge in [-0.25, -0.2) is 4.98 Å². The lowest BCUT2D eigenvalue weighted by atomic mass is 9.83. The second-order valence-electron chi connectivity index (χ2n) is 9.18. The molecule has 3 rings (SSSR count). The molecule has 3 atom stereocenters. The fraction of sp³-hybridized carbons (Fsp3) is 0.520. The van der Waals surface area contributed by atoms with Gasteiger partial charge < -0.3 is 20.5 Å². The molecule has 0 aliphatic heterocycles. The van der Waals surface area contributed by atoms with Crippen LogP contribution in [0.4, 0.5) is 5.69 Å². The van der Waals surface area contributed by atoms with E-state index in [1.54, 1.807) is 18.3 Å². The zero-order valence-corrected chi connectivity index (χ0v) is 19.7. The maximum Gasteiger partial charge on any atom is 0.251 e. The summed E-state index contributed by atoms with van der Waals surface area (Å²) >= 11 is 0. The van der Waals surface area contributed by atoms with E-state index in [9.17, 15) is 14.9 Å². The van der Waals surface area contributed by atoms with Gasteiger partial charge in [-0.05, 0) is 49.4 Å². The van der Waals surface area contributed by atoms with E-state index in [1.165, 1.54) is 0 Å². The summed E-state index contributed by atoms with van der Waals surface area (Å²) in [6, 6.07) is 8.75. The summed E-state index contributed by atoms with van der Waals surface area (Å²) in [4.78, 5) is 30.0. The first-order valence-corrected chi connectivity index (χ1v) is 11.7. The van der Waals surface area contributed by atoms with Crippen LogP contribution in [0.15, 0.2) is 36.7 Å². The summed E-state index contributed by atoms with van der Waals surface area (Å²) in [7, 11) is 1.95. The van der Waals surface area contributed by atoms with Gasteiger partial charge in [0.25, 0.3) is 5.91 Å². The van der Waals surface area contributed by atoms with Crippen LogP contribution in [0.2, 0.25) is 0 Å². The van der Waals surface area contributed by atoms with Crippen molar-refractivity contribution >= 4 is 17.5 Å². The first-order valence-electron chi connectivity index (χ1n) is 11.7. The van der Waals surface area contributed by atoms with Gasteiger partial charge in [-0.3, -0.25) is 9.59 Å². The average molecular weight is 451 g/mol. The maximum absolute atomic E-state index is 12.9. The lowest BCUT2D eigenvalue weighted by Crippen LogP contribution is -2.50. The van der Waals surface area contributed by atoms with Crippen LogP contribution < -0.4 is 16.0 Å². The zero-order valence-electron chi connectivity index (χ0n) is 19.7. The molecule has 33 heavy (non-hydrogen) atoms. The third-order valence-electron chi connectivity index (χ3n) is 6.12. The molecular weight excluding hydrogens is 416 g/mol. The Morgan fingerprint density at radius 3 is 2.58 bits per heavy atom. The highest BCUT2D eigenvalue weighted by Gasteiger charge is 2.33. The number of aryl methyl sites for hydroxylation is 1. The van der Waals surface area contributed by atoms with Crippen molar-refractivity contribution in [3.63, 3.8) is 0 Å². The van der Waals surface area contributed by atoms with Crippen molar-refractivity contribution in [3.05, 3.63) is 48.0 Å². The maximum atomic E-state index is 12.9. The largest absolute Gasteiger partial charge is 0.378 e. The summed E-state index contributed by atoms with van der Waals surface area (Å²) in [6.07, 6.45) is 7.66. The number of nitrogens with one attached hydrogen (secondary N) is 3. The van der Waals surface area contributed by atoms with Crippen molar-refractivity contribution in [2.24, 2.45) is 18.9 Å². The van der Waals surface area contributed by atoms with E-state index >= 15 is 0 Å². The number of nitrogens with zero attached hydrogens (tertiary/aromatic N) is 3. The molecule has 2 amide bonds. The number of carbonyl (C=O) groups excluding carboxylic acids is 2. The van der Waals surface area contributed by atoms with E-state index in [4.69, 9.17) is 0 Å². The minimum absolute atomic E-state index is 0.138. The van der Waals surface area contributed by atoms with E-state index in [1.807, 2.05) is 43.8 Å². The second kappa shape index (κ2) is 11.5. The van der Waals surface area contributed by atoms with Gasteiger partial charge >= 0.3 is 0 Å². The van der Waals surface area contributed by atoms with Gasteiger partial charge in [0.2, 0.25) is 5.91 Å². The van der Waals surface area contributed by atoms with Gasteiger partial charge in [-0.15, -0.1) is 0 Å². The second-order valence-corrected chi connectivity index (χ2v) is 9.18. The standard InChI is InChI=1S/C25H34N6O2/c1-17(2)14-20(15-26)29-25(33)21-6-4-5-7-22(21)30-24(32)18-8-10-19(11-9-18)28-16-23-27-12-13-31(23)3/h8-13,17,20-22,28H,4-7,14,16H2,1-3H3,(H,29,33)(H,30,32)/t20-,21+,22-/m0/s1. The lowest BCUT2D eigenvalue weighted by molar-refractivity contribution is -0.127. The summed E-state index contributed by atoms with van der Waals surface area (Å²) in [5.74, 6) is 0.600. The molecule has 1 fully saturated rings. The number of aromatic nitrogens is 2. The number of nitriles is 1. The molecule has 1 heterocycles. The lowest BCUT2D eigenvalue weighted by Gasteiger charge is -2.32. The van der Waals surface area contributed by atoms with Crippen LogP contribution in [0.3, 0.4) is 0 Å². The number of amides is 2. The van der Waals surface area contributed by atoms with Crippen LogP contribution >= 0.6 is 0 Å². The molecule has 0 saturated heterocycles. The summed E-state index contributed by atoms with van der Waals surface area (Å²) in [5.41, 5.74) is 1.45. The molecule has 1 aromatic carbocycles. The zero-order chi connectivity index (χ0) is 23.8. The Labute approximate surface area is 195 Å². The summed E-state index contributed by atoms with van der Waals surface area (Å²) in [5, 5.41) is 18.6. The van der Waals surface area contributed by atoms with Gasteiger partial charge in [0.05, 0.1) is 18.5 Å². The highest BCUT2D eigenvalue weighted by Crippen LogP contribution is 2.25. The molecule has 0 spiro atoms. The van der Waals surface area contributed by atoms with Crippen molar-refractivity contribution in [2.45, 2.75) is 64.6 Å². The van der Waals surface area contributed by atoms with Crippen molar-refractivity contribution in [2.75, 3.05) is 5.32 Å². The SMILES string of the molecule is CC(C)C[C@@H](C#N)NC(=O)[C@@H]1CCCC[C@@H]1NC(=O)c1ccc(NCc2nccn2C)cc1. The highest BCUT2D eigenvalue weighted by molar-refractivity contribution is 5.95. The molecule has 0 unspecified atom stereocenters. The molecule has 1 saturated carbocycles. The smallest absolute Gasteiger partial charge is 0.251 e. The van der Waals surface area contributed by atoms with Crippen molar-refractivity contribution < 1.29 is 9.59 Å². The van der Waals surface area contributed by atoms with E-state index in [0.717, 1.165) is 30.8 Å². The first kappa shape index (κ1) is 24.3. The van der Waals surface area contributed by atoms with E-state index in [0.29, 0.717) is 30.9 Å². The summed E-state index contributed by atoms with van der Waals surface area (Å²) in [6.45, 7) is 4.65. The predicted molar refractivity (Wildman–Crippen MR) is 127 cm³/mol. The predicted octanol–water partition coefficient (Wildman–Crippen LogP) is 3.38. The summed E-state index contributed by atoms with van der Waals surface area (Å²) < 4.78 is 1.95. The Hall–Kier alpha value is -3.34. The number of imidazole rings is 1. The van der Waals surface area contributed by atoms with E-state index in [2.05, 4.69) is 27.0 Å². The Bertz CT molecular complexity index is 976. The Morgan fingerprint density at radius 1 is 1.21 bits per heavy atom. The van der Waals surface area contributed by atoms with E-state index in [-0.39, 0.29) is 23.8 Å². The van der Waals surface area contributed by atoms with Crippen LogP contribution in [0.25, 0.3) is 0 Å². The fourth-order valence-electron chi connectivity index (χ4n) is 4.25. The van der Waals surface area contributed by atoms with Crippen LogP contribution in [-0.2, 0) is 18.4 Å². The molecule has 3 N–H and O–H groups in total. The highest BCUT2D eigenvalue weighted by atomic mass is 16.2. The van der Waals surface area contributed by atoms with Crippen LogP contribution in [0.1, 0.15) is 62.1 Å². The third-order valence-corrected chi connectivity index (χ3v) is 6.12. The van der Waals surface area contributed by atoms with E-state index < -0.39 is 6.04 Å². The van der Waals surface area contributed by atoms with Crippen molar-refractivity contribution in [1.82, 2.24) is 20.2 Å². The minimum atomic E-state index is -0.499. The molecule has 1 aromatic heterocycles. The monoisotopic (exact) mass is 450 g/mol. The molecule has 8 nitrogen and oxygen atoms in total. The van der Waals surface area contributed by atoms with Crippen LogP contribution in [0, 0.1) is 23.2 Å². The minimum Gasteiger partial charge on any atom is -0.378 e. The Kier molecular flexibility index (Phi) is 8.47. The van der Waals surface area contributed by atoms with Gasteiger partial charge in [0, 0.05) is 36.7 Å². The van der Waals surface area contributed by atoms with Crippen molar-refractivity contribution in [1.29, 1.82) is 5.26 Å². The molecule has 176 valence electrons. The van der Waals surface area contributed by atoms with Gasteiger partial charge in [0.1, 0.15) is 11.9 Å². The number of anilines is 1. The van der Waals surface area contributed by atoms with Gasteiger partial charge in [0.15, 0.2) is 0 Å². The molecule has 2 aromatic rings. The average Bonchev–Trinajstić information content (AvgIpc) is 3.22. The topological polar surface area (TPSA) is 112 Å². The van der Waals surface area contributed by atoms with Gasteiger partial charge in [-0.1, -0.05) is 26.7 Å². The number of carbonyl (C=O) groups is 2. The van der Waals surface area contributed by atoms with Crippen LogP contribution in [-0.4, -0.2) is 33.4 Å². The quantitative estimate of drug-likeness (QED) is 0.542. The Morgan fingerprint density at radius 2 is 1.94 bits per heavy atom. The molecule has 0 radical (unpaired) electrons.